The lowest BCUT2D eigenvalue weighted by atomic mass is 9.94. The zero-order chi connectivity index (χ0) is 13.3. The Hall–Kier alpha value is -0.970. The van der Waals surface area contributed by atoms with Crippen LogP contribution in [0.15, 0.2) is 11.6 Å². The summed E-state index contributed by atoms with van der Waals surface area (Å²) in [6.07, 6.45) is 1.11. The van der Waals surface area contributed by atoms with Gasteiger partial charge in [0.25, 0.3) is 5.92 Å². The highest BCUT2D eigenvalue weighted by atomic mass is 19.3. The topological polar surface area (TPSA) is 29.5 Å². The van der Waals surface area contributed by atoms with Gasteiger partial charge in [-0.05, 0) is 27.2 Å². The molecule has 0 aromatic carbocycles. The summed E-state index contributed by atoms with van der Waals surface area (Å²) in [5.74, 6) is -3.68. The van der Waals surface area contributed by atoms with E-state index in [4.69, 9.17) is 0 Å². The SMILES string of the molecule is COC(=O)C=C1CCN(C(C)(C)C)CC1(F)F. The molecule has 1 rings (SSSR count). The molecule has 0 aliphatic carbocycles. The molecule has 0 aromatic rings. The first-order valence-electron chi connectivity index (χ1n) is 5.58. The fraction of sp³-hybridized carbons (Fsp3) is 0.750. The van der Waals surface area contributed by atoms with Crippen molar-refractivity contribution in [3.8, 4) is 0 Å². The minimum atomic E-state index is -2.96. The Balaban J connectivity index is 2.84. The third kappa shape index (κ3) is 3.49. The lowest BCUT2D eigenvalue weighted by Gasteiger charge is -2.42. The number of alkyl halides is 2. The van der Waals surface area contributed by atoms with E-state index in [1.165, 1.54) is 7.11 Å². The average molecular weight is 247 g/mol. The van der Waals surface area contributed by atoms with E-state index < -0.39 is 11.9 Å². The molecule has 1 aliphatic rings. The lowest BCUT2D eigenvalue weighted by Crippen LogP contribution is -2.52. The van der Waals surface area contributed by atoms with E-state index in [0.29, 0.717) is 6.54 Å². The molecule has 0 amide bonds. The Morgan fingerprint density at radius 2 is 2.06 bits per heavy atom. The lowest BCUT2D eigenvalue weighted by molar-refractivity contribution is -0.135. The summed E-state index contributed by atoms with van der Waals surface area (Å²) in [7, 11) is 1.18. The summed E-state index contributed by atoms with van der Waals surface area (Å²) in [5.41, 5.74) is -0.426. The van der Waals surface area contributed by atoms with Gasteiger partial charge in [-0.3, -0.25) is 4.90 Å². The van der Waals surface area contributed by atoms with Gasteiger partial charge in [-0.2, -0.15) is 0 Å². The van der Waals surface area contributed by atoms with Crippen LogP contribution in [0.3, 0.4) is 0 Å². The zero-order valence-corrected chi connectivity index (χ0v) is 10.7. The first-order valence-corrected chi connectivity index (χ1v) is 5.58. The monoisotopic (exact) mass is 247 g/mol. The first kappa shape index (κ1) is 14.1. The number of ether oxygens (including phenoxy) is 1. The number of nitrogens with zero attached hydrogens (tertiary/aromatic N) is 1. The van der Waals surface area contributed by atoms with Gasteiger partial charge < -0.3 is 4.74 Å². The van der Waals surface area contributed by atoms with E-state index >= 15 is 0 Å². The second kappa shape index (κ2) is 4.72. The van der Waals surface area contributed by atoms with Gasteiger partial charge in [-0.25, -0.2) is 13.6 Å². The van der Waals surface area contributed by atoms with Crippen LogP contribution >= 0.6 is 0 Å². The molecular weight excluding hydrogens is 228 g/mol. The van der Waals surface area contributed by atoms with Crippen LogP contribution in [-0.4, -0.2) is 42.5 Å². The Labute approximate surface area is 100 Å². The van der Waals surface area contributed by atoms with Crippen molar-refractivity contribution in [1.82, 2.24) is 4.90 Å². The number of hydrogen-bond acceptors (Lipinski definition) is 3. The average Bonchev–Trinajstić information content (AvgIpc) is 2.18. The largest absolute Gasteiger partial charge is 0.466 e. The summed E-state index contributed by atoms with van der Waals surface area (Å²) < 4.78 is 32.0. The van der Waals surface area contributed by atoms with Crippen LogP contribution in [-0.2, 0) is 9.53 Å². The number of piperidine rings is 1. The molecule has 0 unspecified atom stereocenters. The number of carbonyl (C=O) groups is 1. The molecule has 5 heteroatoms. The number of hydrogen-bond donors (Lipinski definition) is 0. The Bertz CT molecular complexity index is 332. The van der Waals surface area contributed by atoms with Gasteiger partial charge in [-0.1, -0.05) is 0 Å². The molecule has 0 atom stereocenters. The van der Waals surface area contributed by atoms with Crippen molar-refractivity contribution in [1.29, 1.82) is 0 Å². The van der Waals surface area contributed by atoms with Crippen molar-refractivity contribution in [2.24, 2.45) is 0 Å². The second-order valence-corrected chi connectivity index (χ2v) is 5.24. The van der Waals surface area contributed by atoms with Gasteiger partial charge in [0.15, 0.2) is 0 Å². The normalized spacial score (nSPS) is 23.8. The fourth-order valence-corrected chi connectivity index (χ4v) is 1.81. The maximum absolute atomic E-state index is 13.8. The van der Waals surface area contributed by atoms with Gasteiger partial charge in [0.05, 0.1) is 13.7 Å². The molecule has 0 spiro atoms. The van der Waals surface area contributed by atoms with Crippen LogP contribution in [0.25, 0.3) is 0 Å². The third-order valence-electron chi connectivity index (χ3n) is 2.95. The maximum Gasteiger partial charge on any atom is 0.330 e. The number of carbonyl (C=O) groups excluding carboxylic acids is 1. The summed E-state index contributed by atoms with van der Waals surface area (Å²) >= 11 is 0. The minimum absolute atomic E-state index is 0.134. The number of likely N-dealkylation sites (tertiary alicyclic amines) is 1. The molecular formula is C12H19F2NO2. The quantitative estimate of drug-likeness (QED) is 0.525. The van der Waals surface area contributed by atoms with E-state index in [0.717, 1.165) is 6.08 Å². The van der Waals surface area contributed by atoms with Gasteiger partial charge in [-0.15, -0.1) is 0 Å². The van der Waals surface area contributed by atoms with Crippen molar-refractivity contribution >= 4 is 5.97 Å². The van der Waals surface area contributed by atoms with Crippen LogP contribution < -0.4 is 0 Å². The standard InChI is InChI=1S/C12H19F2NO2/c1-11(2,3)15-6-5-9(7-10(16)17-4)12(13,14)8-15/h7H,5-6,8H2,1-4H3. The van der Waals surface area contributed by atoms with E-state index in [1.807, 2.05) is 20.8 Å². The smallest absolute Gasteiger partial charge is 0.330 e. The van der Waals surface area contributed by atoms with Crippen LogP contribution in [0.1, 0.15) is 27.2 Å². The molecule has 0 bridgehead atoms. The third-order valence-corrected chi connectivity index (χ3v) is 2.95. The van der Waals surface area contributed by atoms with Gasteiger partial charge in [0.1, 0.15) is 0 Å². The van der Waals surface area contributed by atoms with Gasteiger partial charge in [0, 0.05) is 23.7 Å². The number of rotatable bonds is 1. The van der Waals surface area contributed by atoms with Crippen molar-refractivity contribution < 1.29 is 18.3 Å². The number of methoxy groups -OCH3 is 1. The van der Waals surface area contributed by atoms with Crippen molar-refractivity contribution in [3.63, 3.8) is 0 Å². The fourth-order valence-electron chi connectivity index (χ4n) is 1.81. The summed E-state index contributed by atoms with van der Waals surface area (Å²) in [6, 6.07) is 0. The second-order valence-electron chi connectivity index (χ2n) is 5.24. The zero-order valence-electron chi connectivity index (χ0n) is 10.7. The number of halogens is 2. The molecule has 0 saturated carbocycles. The highest BCUT2D eigenvalue weighted by Crippen LogP contribution is 2.35. The molecule has 98 valence electrons. The van der Waals surface area contributed by atoms with Crippen LogP contribution in [0.5, 0.6) is 0 Å². The molecule has 1 aliphatic heterocycles. The summed E-state index contributed by atoms with van der Waals surface area (Å²) in [5, 5.41) is 0. The first-order chi connectivity index (χ1) is 7.66. The van der Waals surface area contributed by atoms with E-state index in [1.54, 1.807) is 4.90 Å². The predicted molar refractivity (Wildman–Crippen MR) is 61.0 cm³/mol. The number of esters is 1. The van der Waals surface area contributed by atoms with Crippen LogP contribution in [0.4, 0.5) is 8.78 Å². The van der Waals surface area contributed by atoms with Crippen LogP contribution in [0.2, 0.25) is 0 Å². The summed E-state index contributed by atoms with van der Waals surface area (Å²) in [6.45, 7) is 5.88. The molecule has 0 aromatic heterocycles. The van der Waals surface area contributed by atoms with Crippen molar-refractivity contribution in [2.75, 3.05) is 20.2 Å². The predicted octanol–water partition coefficient (Wildman–Crippen LogP) is 2.23. The highest BCUT2D eigenvalue weighted by Gasteiger charge is 2.43. The van der Waals surface area contributed by atoms with E-state index in [2.05, 4.69) is 4.74 Å². The van der Waals surface area contributed by atoms with Gasteiger partial charge in [0.2, 0.25) is 0 Å². The minimum Gasteiger partial charge on any atom is -0.466 e. The molecule has 0 radical (unpaired) electrons. The molecule has 1 saturated heterocycles. The van der Waals surface area contributed by atoms with Crippen molar-refractivity contribution in [3.05, 3.63) is 11.6 Å². The highest BCUT2D eigenvalue weighted by molar-refractivity contribution is 5.83. The Morgan fingerprint density at radius 3 is 2.47 bits per heavy atom. The Kier molecular flexibility index (Phi) is 3.91. The van der Waals surface area contributed by atoms with E-state index in [9.17, 15) is 13.6 Å². The Morgan fingerprint density at radius 1 is 1.47 bits per heavy atom. The molecule has 0 N–H and O–H groups in total. The summed E-state index contributed by atoms with van der Waals surface area (Å²) in [4.78, 5) is 12.7. The molecule has 3 nitrogen and oxygen atoms in total. The maximum atomic E-state index is 13.8. The molecule has 1 fully saturated rings. The van der Waals surface area contributed by atoms with Crippen molar-refractivity contribution in [2.45, 2.75) is 38.7 Å². The van der Waals surface area contributed by atoms with Crippen LogP contribution in [0, 0.1) is 0 Å². The van der Waals surface area contributed by atoms with E-state index in [-0.39, 0.29) is 24.1 Å². The van der Waals surface area contributed by atoms with Gasteiger partial charge >= 0.3 is 5.97 Å². The molecule has 17 heavy (non-hydrogen) atoms. The molecule has 1 heterocycles.